The number of amides is 3. The Morgan fingerprint density at radius 3 is 1.84 bits per heavy atom. The topological polar surface area (TPSA) is 100 Å². The number of aromatic nitrogens is 1. The SMILES string of the molecule is Cc1sc(NC(=O)C(Sc2ccc(NC(=O)/C(=C/c3ccc(-c4ccccc4)cc3)NC(=O)c3ccccc3)cc2)c2ccccc2)nc1-c1ccccc1. The van der Waals surface area contributed by atoms with Gasteiger partial charge in [-0.2, -0.15) is 0 Å². The molecular weight excluding hydrogens is 721 g/mol. The smallest absolute Gasteiger partial charge is 0.272 e. The van der Waals surface area contributed by atoms with E-state index in [0.29, 0.717) is 16.4 Å². The number of carbonyl (C=O) groups excluding carboxylic acids is 3. The van der Waals surface area contributed by atoms with E-state index in [1.165, 1.54) is 23.1 Å². The van der Waals surface area contributed by atoms with Crippen LogP contribution in [0.2, 0.25) is 0 Å². The molecule has 0 bridgehead atoms. The monoisotopic (exact) mass is 756 g/mol. The number of nitrogens with one attached hydrogen (secondary N) is 3. The number of carbonyl (C=O) groups is 3. The van der Waals surface area contributed by atoms with Gasteiger partial charge in [0.1, 0.15) is 10.9 Å². The molecule has 3 N–H and O–H groups in total. The Bertz CT molecular complexity index is 2420. The Hall–Kier alpha value is -6.55. The molecular formula is C46H36N4O3S2. The van der Waals surface area contributed by atoms with Crippen molar-refractivity contribution in [3.05, 3.63) is 197 Å². The van der Waals surface area contributed by atoms with Crippen LogP contribution in [0.5, 0.6) is 0 Å². The quantitative estimate of drug-likeness (QED) is 0.0851. The molecule has 0 saturated heterocycles. The van der Waals surface area contributed by atoms with Crippen LogP contribution in [-0.4, -0.2) is 22.7 Å². The minimum Gasteiger partial charge on any atom is -0.321 e. The third kappa shape index (κ3) is 9.52. The van der Waals surface area contributed by atoms with Gasteiger partial charge in [0.2, 0.25) is 5.91 Å². The zero-order valence-electron chi connectivity index (χ0n) is 29.8. The molecule has 270 valence electrons. The van der Waals surface area contributed by atoms with Crippen LogP contribution >= 0.6 is 23.1 Å². The van der Waals surface area contributed by atoms with Gasteiger partial charge in [0.25, 0.3) is 11.8 Å². The van der Waals surface area contributed by atoms with Crippen molar-refractivity contribution in [3.8, 4) is 22.4 Å². The third-order valence-corrected chi connectivity index (χ3v) is 10.8. The first kappa shape index (κ1) is 36.8. The van der Waals surface area contributed by atoms with Gasteiger partial charge in [-0.15, -0.1) is 23.1 Å². The number of rotatable bonds is 12. The van der Waals surface area contributed by atoms with Crippen LogP contribution in [0, 0.1) is 6.92 Å². The van der Waals surface area contributed by atoms with Crippen LogP contribution in [0.3, 0.4) is 0 Å². The van der Waals surface area contributed by atoms with E-state index in [-0.39, 0.29) is 11.6 Å². The Morgan fingerprint density at radius 1 is 0.636 bits per heavy atom. The zero-order chi connectivity index (χ0) is 38.0. The second-order valence-corrected chi connectivity index (χ2v) is 14.9. The maximum Gasteiger partial charge on any atom is 0.272 e. The Balaban J connectivity index is 1.07. The van der Waals surface area contributed by atoms with E-state index in [1.807, 2.05) is 140 Å². The molecule has 1 aromatic heterocycles. The summed E-state index contributed by atoms with van der Waals surface area (Å²) in [6.07, 6.45) is 1.66. The first-order valence-corrected chi connectivity index (χ1v) is 19.3. The van der Waals surface area contributed by atoms with Crippen LogP contribution in [0.1, 0.15) is 31.6 Å². The van der Waals surface area contributed by atoms with Crippen molar-refractivity contribution in [1.82, 2.24) is 10.3 Å². The molecule has 7 rings (SSSR count). The summed E-state index contributed by atoms with van der Waals surface area (Å²) in [5.41, 5.74) is 6.61. The van der Waals surface area contributed by atoms with Gasteiger partial charge < -0.3 is 16.0 Å². The molecule has 3 amide bonds. The van der Waals surface area contributed by atoms with Gasteiger partial charge in [0.05, 0.1) is 5.69 Å². The summed E-state index contributed by atoms with van der Waals surface area (Å²) in [4.78, 5) is 47.3. The van der Waals surface area contributed by atoms with E-state index in [0.717, 1.165) is 43.3 Å². The highest BCUT2D eigenvalue weighted by atomic mass is 32.2. The maximum atomic E-state index is 13.8. The minimum atomic E-state index is -0.568. The number of thioether (sulfide) groups is 1. The van der Waals surface area contributed by atoms with Gasteiger partial charge in [-0.05, 0) is 71.7 Å². The molecule has 6 aromatic carbocycles. The predicted molar refractivity (Wildman–Crippen MR) is 225 cm³/mol. The highest BCUT2D eigenvalue weighted by molar-refractivity contribution is 8.00. The van der Waals surface area contributed by atoms with E-state index in [2.05, 4.69) is 16.0 Å². The fraction of sp³-hybridized carbons (Fsp3) is 0.0435. The lowest BCUT2D eigenvalue weighted by Gasteiger charge is -2.17. The number of anilines is 2. The summed E-state index contributed by atoms with van der Waals surface area (Å²) in [7, 11) is 0. The molecule has 0 aliphatic heterocycles. The molecule has 1 heterocycles. The first-order valence-electron chi connectivity index (χ1n) is 17.6. The Labute approximate surface area is 328 Å². The predicted octanol–water partition coefficient (Wildman–Crippen LogP) is 10.7. The summed E-state index contributed by atoms with van der Waals surface area (Å²) in [6.45, 7) is 2.00. The van der Waals surface area contributed by atoms with Crippen LogP contribution < -0.4 is 16.0 Å². The minimum absolute atomic E-state index is 0.0911. The summed E-state index contributed by atoms with van der Waals surface area (Å²) < 4.78 is 0. The molecule has 0 aliphatic carbocycles. The van der Waals surface area contributed by atoms with Crippen LogP contribution in [0.25, 0.3) is 28.5 Å². The number of benzene rings is 6. The highest BCUT2D eigenvalue weighted by Crippen LogP contribution is 2.38. The molecule has 0 aliphatic rings. The summed E-state index contributed by atoms with van der Waals surface area (Å²) in [5, 5.41) is 8.76. The van der Waals surface area contributed by atoms with Crippen LogP contribution in [0.4, 0.5) is 10.8 Å². The average molecular weight is 757 g/mol. The fourth-order valence-corrected chi connectivity index (χ4v) is 7.71. The second kappa shape index (κ2) is 17.5. The molecule has 7 aromatic rings. The largest absolute Gasteiger partial charge is 0.321 e. The molecule has 0 radical (unpaired) electrons. The Kier molecular flexibility index (Phi) is 11.7. The van der Waals surface area contributed by atoms with E-state index in [4.69, 9.17) is 4.98 Å². The number of hydrogen-bond donors (Lipinski definition) is 3. The average Bonchev–Trinajstić information content (AvgIpc) is 3.60. The standard InChI is InChI=1S/C46H36N4O3S2/c1-31-41(35-16-8-3-9-17-35)49-46(54-31)50-45(53)42(36-18-10-4-11-19-36)55-39-28-26-38(27-29-39)47-44(52)40(48-43(51)37-20-12-5-13-21-37)30-32-22-24-34(25-23-32)33-14-6-2-7-15-33/h2-30,42H,1H3,(H,47,52)(H,48,51)(H,49,50,53)/b40-30-. The van der Waals surface area contributed by atoms with Gasteiger partial charge >= 0.3 is 0 Å². The summed E-state index contributed by atoms with van der Waals surface area (Å²) >= 11 is 2.85. The molecule has 7 nitrogen and oxygen atoms in total. The maximum absolute atomic E-state index is 13.8. The van der Waals surface area contributed by atoms with Gasteiger partial charge in [-0.1, -0.05) is 133 Å². The van der Waals surface area contributed by atoms with Crippen LogP contribution in [0.15, 0.2) is 180 Å². The van der Waals surface area contributed by atoms with Crippen LogP contribution in [-0.2, 0) is 9.59 Å². The van der Waals surface area contributed by atoms with E-state index < -0.39 is 17.1 Å². The van der Waals surface area contributed by atoms with Gasteiger partial charge in [-0.25, -0.2) is 4.98 Å². The van der Waals surface area contributed by atoms with E-state index >= 15 is 0 Å². The normalized spacial score (nSPS) is 11.7. The second-order valence-electron chi connectivity index (χ2n) is 12.5. The molecule has 0 fully saturated rings. The molecule has 55 heavy (non-hydrogen) atoms. The van der Waals surface area contributed by atoms with Crippen molar-refractivity contribution in [3.63, 3.8) is 0 Å². The lowest BCUT2D eigenvalue weighted by atomic mass is 10.0. The third-order valence-electron chi connectivity index (χ3n) is 8.64. The first-order chi connectivity index (χ1) is 26.9. The molecule has 9 heteroatoms. The van der Waals surface area contributed by atoms with Crippen molar-refractivity contribution in [2.24, 2.45) is 0 Å². The van der Waals surface area contributed by atoms with Crippen molar-refractivity contribution >= 4 is 57.7 Å². The van der Waals surface area contributed by atoms with E-state index in [1.54, 1.807) is 42.5 Å². The highest BCUT2D eigenvalue weighted by Gasteiger charge is 2.24. The van der Waals surface area contributed by atoms with Gasteiger partial charge in [0, 0.05) is 26.6 Å². The lowest BCUT2D eigenvalue weighted by Crippen LogP contribution is -2.30. The molecule has 1 unspecified atom stereocenters. The molecule has 1 atom stereocenters. The Morgan fingerprint density at radius 2 is 1.20 bits per heavy atom. The summed E-state index contributed by atoms with van der Waals surface area (Å²) in [6, 6.07) is 53.4. The lowest BCUT2D eigenvalue weighted by molar-refractivity contribution is -0.116. The number of thiazole rings is 1. The fourth-order valence-electron chi connectivity index (χ4n) is 5.85. The number of aryl methyl sites for hydroxylation is 1. The van der Waals surface area contributed by atoms with E-state index in [9.17, 15) is 14.4 Å². The number of hydrogen-bond acceptors (Lipinski definition) is 6. The summed E-state index contributed by atoms with van der Waals surface area (Å²) in [5.74, 6) is -1.07. The van der Waals surface area contributed by atoms with Crippen molar-refractivity contribution < 1.29 is 14.4 Å². The van der Waals surface area contributed by atoms with Gasteiger partial charge in [0.15, 0.2) is 5.13 Å². The van der Waals surface area contributed by atoms with Crippen molar-refractivity contribution in [1.29, 1.82) is 0 Å². The van der Waals surface area contributed by atoms with Crippen molar-refractivity contribution in [2.45, 2.75) is 17.1 Å². The zero-order valence-corrected chi connectivity index (χ0v) is 31.4. The van der Waals surface area contributed by atoms with Gasteiger partial charge in [-0.3, -0.25) is 14.4 Å². The molecule has 0 saturated carbocycles. The van der Waals surface area contributed by atoms with Crippen molar-refractivity contribution in [2.75, 3.05) is 10.6 Å². The number of nitrogens with zero attached hydrogens (tertiary/aromatic N) is 1. The molecule has 0 spiro atoms.